The minimum absolute atomic E-state index is 0.231. The highest BCUT2D eigenvalue weighted by Crippen LogP contribution is 2.32. The average molecular weight is 313 g/mol. The van der Waals surface area contributed by atoms with Crippen LogP contribution in [0.5, 0.6) is 0 Å². The Morgan fingerprint density at radius 2 is 1.64 bits per heavy atom. The van der Waals surface area contributed by atoms with Crippen molar-refractivity contribution in [3.05, 3.63) is 11.6 Å². The second-order valence-electron chi connectivity index (χ2n) is 6.31. The predicted molar refractivity (Wildman–Crippen MR) is 72.4 cm³/mol. The van der Waals surface area contributed by atoms with Crippen molar-refractivity contribution in [1.82, 2.24) is 14.8 Å². The number of hydrogen-bond donors (Lipinski definition) is 0. The number of hydrogen-bond acceptors (Lipinski definition) is 4. The van der Waals surface area contributed by atoms with Crippen LogP contribution in [0.4, 0.5) is 13.2 Å². The zero-order valence-corrected chi connectivity index (χ0v) is 13.0. The van der Waals surface area contributed by atoms with Gasteiger partial charge in [0.2, 0.25) is 0 Å². The van der Waals surface area contributed by atoms with Crippen LogP contribution in [0.15, 0.2) is 0 Å². The number of aromatic nitrogens is 3. The summed E-state index contributed by atoms with van der Waals surface area (Å²) in [4.78, 5) is 4.25. The summed E-state index contributed by atoms with van der Waals surface area (Å²) in [5, 5.41) is 22.6. The monoisotopic (exact) mass is 313 g/mol. The second kappa shape index (κ2) is 5.96. The number of rotatable bonds is 4. The molecule has 0 bridgehead atoms. The minimum Gasteiger partial charge on any atom is -0.247 e. The van der Waals surface area contributed by atoms with Gasteiger partial charge in [-0.05, 0) is 13.3 Å². The van der Waals surface area contributed by atoms with Gasteiger partial charge in [0.25, 0.3) is 0 Å². The summed E-state index contributed by atoms with van der Waals surface area (Å²) in [6.45, 7) is 7.11. The van der Waals surface area contributed by atoms with Crippen LogP contribution in [-0.2, 0) is 12.0 Å². The van der Waals surface area contributed by atoms with E-state index in [1.165, 1.54) is 4.68 Å². The van der Waals surface area contributed by atoms with Gasteiger partial charge in [-0.1, -0.05) is 20.8 Å². The first kappa shape index (κ1) is 18.0. The van der Waals surface area contributed by atoms with Crippen molar-refractivity contribution in [3.63, 3.8) is 0 Å². The van der Waals surface area contributed by atoms with Crippen molar-refractivity contribution in [1.29, 1.82) is 10.5 Å². The Labute approximate surface area is 127 Å². The van der Waals surface area contributed by atoms with Gasteiger partial charge in [-0.2, -0.15) is 28.8 Å². The van der Waals surface area contributed by atoms with Crippen LogP contribution < -0.4 is 0 Å². The first-order valence-electron chi connectivity index (χ1n) is 6.74. The van der Waals surface area contributed by atoms with Gasteiger partial charge in [0.05, 0.1) is 18.7 Å². The van der Waals surface area contributed by atoms with E-state index in [-0.39, 0.29) is 12.0 Å². The quantitative estimate of drug-likeness (QED) is 0.854. The number of nitrogens with zero attached hydrogens (tertiary/aromatic N) is 5. The van der Waals surface area contributed by atoms with Gasteiger partial charge in [0.1, 0.15) is 5.82 Å². The van der Waals surface area contributed by atoms with E-state index in [1.54, 1.807) is 19.1 Å². The summed E-state index contributed by atoms with van der Waals surface area (Å²) in [6, 6.07) is 3.42. The minimum atomic E-state index is -4.41. The SMILES string of the molecule is Cc1nc(C(C)(C)C)nn1CC(C#N)(C#N)CCC(F)(F)F. The molecule has 1 rings (SSSR count). The summed E-state index contributed by atoms with van der Waals surface area (Å²) < 4.78 is 38.5. The van der Waals surface area contributed by atoms with Gasteiger partial charge in [-0.3, -0.25) is 0 Å². The van der Waals surface area contributed by atoms with Crippen molar-refractivity contribution in [2.45, 2.75) is 58.7 Å². The summed E-state index contributed by atoms with van der Waals surface area (Å²) in [7, 11) is 0. The molecular weight excluding hydrogens is 295 g/mol. The van der Waals surface area contributed by atoms with Crippen LogP contribution in [0, 0.1) is 35.0 Å². The van der Waals surface area contributed by atoms with E-state index in [2.05, 4.69) is 10.1 Å². The lowest BCUT2D eigenvalue weighted by molar-refractivity contribution is -0.138. The van der Waals surface area contributed by atoms with Crippen molar-refractivity contribution in [3.8, 4) is 12.1 Å². The highest BCUT2D eigenvalue weighted by atomic mass is 19.4. The van der Waals surface area contributed by atoms with Gasteiger partial charge >= 0.3 is 6.18 Å². The molecule has 8 heteroatoms. The van der Waals surface area contributed by atoms with Crippen LogP contribution in [0.2, 0.25) is 0 Å². The van der Waals surface area contributed by atoms with Crippen LogP contribution in [0.25, 0.3) is 0 Å². The van der Waals surface area contributed by atoms with E-state index in [9.17, 15) is 23.7 Å². The fourth-order valence-electron chi connectivity index (χ4n) is 1.78. The van der Waals surface area contributed by atoms with Crippen molar-refractivity contribution < 1.29 is 13.2 Å². The number of nitriles is 2. The molecule has 120 valence electrons. The molecule has 22 heavy (non-hydrogen) atoms. The predicted octanol–water partition coefficient (Wildman–Crippen LogP) is 3.26. The van der Waals surface area contributed by atoms with Gasteiger partial charge in [-0.25, -0.2) is 9.67 Å². The molecule has 0 aliphatic carbocycles. The summed E-state index contributed by atoms with van der Waals surface area (Å²) in [5.41, 5.74) is -2.10. The Hall–Kier alpha value is -2.09. The third-order valence-electron chi connectivity index (χ3n) is 3.21. The molecule has 0 saturated heterocycles. The summed E-state index contributed by atoms with van der Waals surface area (Å²) >= 11 is 0. The summed E-state index contributed by atoms with van der Waals surface area (Å²) in [6.07, 6.45) is -6.19. The lowest BCUT2D eigenvalue weighted by Crippen LogP contribution is -2.27. The van der Waals surface area contributed by atoms with E-state index in [1.807, 2.05) is 20.8 Å². The lowest BCUT2D eigenvalue weighted by Gasteiger charge is -2.20. The molecule has 1 aromatic rings. The van der Waals surface area contributed by atoms with Gasteiger partial charge < -0.3 is 0 Å². The fraction of sp³-hybridized carbons (Fsp3) is 0.714. The van der Waals surface area contributed by atoms with E-state index in [0.29, 0.717) is 11.6 Å². The molecule has 1 heterocycles. The maximum absolute atomic E-state index is 12.4. The van der Waals surface area contributed by atoms with Crippen molar-refractivity contribution in [2.75, 3.05) is 0 Å². The molecule has 5 nitrogen and oxygen atoms in total. The van der Waals surface area contributed by atoms with Gasteiger partial charge in [-0.15, -0.1) is 0 Å². The van der Waals surface area contributed by atoms with Crippen LogP contribution >= 0.6 is 0 Å². The van der Waals surface area contributed by atoms with Gasteiger partial charge in [0.15, 0.2) is 11.2 Å². The number of aryl methyl sites for hydroxylation is 1. The molecule has 0 aliphatic heterocycles. The van der Waals surface area contributed by atoms with E-state index >= 15 is 0 Å². The molecule has 0 amide bonds. The van der Waals surface area contributed by atoms with E-state index in [0.717, 1.165) is 0 Å². The van der Waals surface area contributed by atoms with Crippen LogP contribution in [-0.4, -0.2) is 20.9 Å². The number of alkyl halides is 3. The molecule has 0 atom stereocenters. The van der Waals surface area contributed by atoms with E-state index in [4.69, 9.17) is 0 Å². The Kier molecular flexibility index (Phi) is 4.86. The Morgan fingerprint density at radius 3 is 2.00 bits per heavy atom. The van der Waals surface area contributed by atoms with E-state index < -0.39 is 24.4 Å². The third-order valence-corrected chi connectivity index (χ3v) is 3.21. The standard InChI is InChI=1S/C14H18F3N5/c1-10-20-11(12(2,3)4)21-22(10)9-13(7-18,8-19)5-6-14(15,16)17/h5-6,9H2,1-4H3. The normalized spacial score (nSPS) is 12.8. The Bertz CT molecular complexity index is 596. The molecule has 1 aromatic heterocycles. The molecule has 0 aliphatic rings. The third kappa shape index (κ3) is 4.45. The van der Waals surface area contributed by atoms with Crippen molar-refractivity contribution >= 4 is 0 Å². The number of halogens is 3. The molecule has 0 saturated carbocycles. The summed E-state index contributed by atoms with van der Waals surface area (Å²) in [5.74, 6) is 0.984. The van der Waals surface area contributed by atoms with Crippen molar-refractivity contribution in [2.24, 2.45) is 5.41 Å². The first-order valence-corrected chi connectivity index (χ1v) is 6.74. The largest absolute Gasteiger partial charge is 0.389 e. The molecule has 0 spiro atoms. The molecule has 0 fully saturated rings. The average Bonchev–Trinajstić information content (AvgIpc) is 2.75. The first-order chi connectivity index (χ1) is 9.92. The Morgan fingerprint density at radius 1 is 1.09 bits per heavy atom. The molecule has 0 unspecified atom stereocenters. The zero-order valence-electron chi connectivity index (χ0n) is 13.0. The maximum atomic E-state index is 12.4. The fourth-order valence-corrected chi connectivity index (χ4v) is 1.78. The highest BCUT2D eigenvalue weighted by molar-refractivity contribution is 5.14. The zero-order chi connectivity index (χ0) is 17.2. The Balaban J connectivity index is 3.05. The maximum Gasteiger partial charge on any atom is 0.389 e. The second-order valence-corrected chi connectivity index (χ2v) is 6.31. The topological polar surface area (TPSA) is 78.3 Å². The smallest absolute Gasteiger partial charge is 0.247 e. The molecule has 0 N–H and O–H groups in total. The highest BCUT2D eigenvalue weighted by Gasteiger charge is 2.38. The molecular formula is C14H18F3N5. The molecule has 0 aromatic carbocycles. The van der Waals surface area contributed by atoms with Gasteiger partial charge in [0, 0.05) is 11.8 Å². The lowest BCUT2D eigenvalue weighted by atomic mass is 9.86. The van der Waals surface area contributed by atoms with Crippen LogP contribution in [0.3, 0.4) is 0 Å². The van der Waals surface area contributed by atoms with Crippen LogP contribution in [0.1, 0.15) is 45.3 Å². The molecule has 0 radical (unpaired) electrons.